The molecule has 1 aliphatic heterocycles. The number of hydrogen-bond acceptors (Lipinski definition) is 8. The van der Waals surface area contributed by atoms with Crippen molar-refractivity contribution in [3.05, 3.63) is 69.8 Å². The number of rotatable bonds is 5. The monoisotopic (exact) mass is 492 g/mol. The highest BCUT2D eigenvalue weighted by Gasteiger charge is 2.21. The molecule has 3 aromatic heterocycles. The molecule has 0 amide bonds. The number of pyridine rings is 1. The van der Waals surface area contributed by atoms with Gasteiger partial charge in [0, 0.05) is 52.5 Å². The molecule has 0 atom stereocenters. The maximum absolute atomic E-state index is 13.7. The molecule has 1 aliphatic rings. The van der Waals surface area contributed by atoms with E-state index in [0.717, 1.165) is 16.6 Å². The number of hydrogen-bond donors (Lipinski definition) is 1. The number of fused-ring (bicyclic) bond motifs is 1. The molecule has 0 radical (unpaired) electrons. The summed E-state index contributed by atoms with van der Waals surface area (Å²) in [5, 5.41) is 1.18. The van der Waals surface area contributed by atoms with Crippen LogP contribution in [0, 0.1) is 13.8 Å². The van der Waals surface area contributed by atoms with Gasteiger partial charge in [0.1, 0.15) is 11.5 Å². The first-order chi connectivity index (χ1) is 16.9. The zero-order valence-corrected chi connectivity index (χ0v) is 20.2. The van der Waals surface area contributed by atoms with Gasteiger partial charge in [-0.3, -0.25) is 14.3 Å². The molecule has 0 unspecified atom stereocenters. The van der Waals surface area contributed by atoms with E-state index in [9.17, 15) is 4.79 Å². The number of aryl methyl sites for hydroxylation is 3. The van der Waals surface area contributed by atoms with Gasteiger partial charge >= 0.3 is 0 Å². The van der Waals surface area contributed by atoms with E-state index >= 15 is 0 Å². The highest BCUT2D eigenvalue weighted by molar-refractivity contribution is 6.33. The van der Waals surface area contributed by atoms with Gasteiger partial charge in [-0.05, 0) is 26.0 Å². The third-order valence-corrected chi connectivity index (χ3v) is 6.15. The van der Waals surface area contributed by atoms with Crippen molar-refractivity contribution >= 4 is 22.6 Å². The van der Waals surface area contributed by atoms with Crippen molar-refractivity contribution in [2.24, 2.45) is 5.73 Å². The van der Waals surface area contributed by atoms with Crippen LogP contribution in [-0.4, -0.2) is 50.0 Å². The lowest BCUT2D eigenvalue weighted by Gasteiger charge is -2.27. The number of nitrogens with two attached hydrogens (primary N) is 1. The molecule has 4 heterocycles. The minimum Gasteiger partial charge on any atom is -0.351 e. The van der Waals surface area contributed by atoms with Crippen molar-refractivity contribution in [1.29, 1.82) is 0 Å². The summed E-state index contributed by atoms with van der Waals surface area (Å²) in [6.07, 6.45) is 5.14. The minimum absolute atomic E-state index is 0.135. The molecule has 2 N–H and O–H groups in total. The first kappa shape index (κ1) is 23.5. The molecule has 1 aromatic carbocycles. The van der Waals surface area contributed by atoms with E-state index in [1.165, 1.54) is 0 Å². The van der Waals surface area contributed by atoms with Gasteiger partial charge < -0.3 is 15.2 Å². The van der Waals surface area contributed by atoms with Crippen LogP contribution in [0.1, 0.15) is 17.9 Å². The molecule has 0 saturated carbocycles. The van der Waals surface area contributed by atoms with Gasteiger partial charge in [0.25, 0.3) is 5.56 Å². The summed E-state index contributed by atoms with van der Waals surface area (Å²) >= 11 is 6.69. The molecule has 1 saturated heterocycles. The summed E-state index contributed by atoms with van der Waals surface area (Å²) in [6, 6.07) is 7.17. The molecule has 9 nitrogen and oxygen atoms in total. The lowest BCUT2D eigenvalue weighted by molar-refractivity contribution is -0.189. The quantitative estimate of drug-likeness (QED) is 0.451. The van der Waals surface area contributed by atoms with Crippen molar-refractivity contribution in [2.45, 2.75) is 39.1 Å². The zero-order valence-electron chi connectivity index (χ0n) is 19.4. The number of aromatic nitrogens is 5. The van der Waals surface area contributed by atoms with Gasteiger partial charge in [0.15, 0.2) is 6.29 Å². The molecule has 4 aromatic rings. The lowest BCUT2D eigenvalue weighted by Crippen LogP contribution is -2.41. The largest absolute Gasteiger partial charge is 0.351 e. The number of benzene rings is 1. The Kier molecular flexibility index (Phi) is 6.57. The van der Waals surface area contributed by atoms with Crippen LogP contribution >= 0.6 is 11.6 Å². The fraction of sp³-hybridized carbons (Fsp3) is 0.320. The maximum Gasteiger partial charge on any atom is 0.260 e. The fourth-order valence-electron chi connectivity index (χ4n) is 4.10. The van der Waals surface area contributed by atoms with Crippen molar-refractivity contribution in [2.75, 3.05) is 13.2 Å². The molecule has 0 spiro atoms. The molecule has 35 heavy (non-hydrogen) atoms. The van der Waals surface area contributed by atoms with E-state index in [1.807, 2.05) is 19.1 Å². The summed E-state index contributed by atoms with van der Waals surface area (Å²) in [6.45, 7) is 4.88. The van der Waals surface area contributed by atoms with E-state index in [4.69, 9.17) is 26.8 Å². The van der Waals surface area contributed by atoms with Crippen molar-refractivity contribution < 1.29 is 9.47 Å². The van der Waals surface area contributed by atoms with Crippen LogP contribution in [0.15, 0.2) is 47.7 Å². The summed E-state index contributed by atoms with van der Waals surface area (Å²) in [4.78, 5) is 31.2. The zero-order chi connectivity index (χ0) is 24.5. The Hall–Kier alpha value is -3.24. The van der Waals surface area contributed by atoms with E-state index in [0.29, 0.717) is 59.5 Å². The first-order valence-electron chi connectivity index (χ1n) is 11.3. The second kappa shape index (κ2) is 9.79. The Balaban J connectivity index is 1.55. The third kappa shape index (κ3) is 4.94. The molecular weight excluding hydrogens is 468 g/mol. The van der Waals surface area contributed by atoms with Crippen molar-refractivity contribution in [3.8, 4) is 22.4 Å². The normalized spacial score (nSPS) is 18.2. The molecule has 180 valence electrons. The number of nitrogens with zero attached hydrogens (tertiary/aromatic N) is 5. The minimum atomic E-state index is -0.429. The standard InChI is InChI=1S/C25H25ClN6O3/c1-14-9-28-11-22(30-14)16-3-4-19(21(26)8-16)20-7-17-10-29-15(2)31-24(17)32(25(20)33)6-5-23-34-12-18(27)13-35-23/h3-4,7-11,18,23H,5-6,12-13,27H2,1-2H3/t18-,23+. The summed E-state index contributed by atoms with van der Waals surface area (Å²) in [7, 11) is 0. The van der Waals surface area contributed by atoms with Crippen LogP contribution in [-0.2, 0) is 16.0 Å². The smallest absolute Gasteiger partial charge is 0.260 e. The number of ether oxygens (including phenoxy) is 2. The fourth-order valence-corrected chi connectivity index (χ4v) is 4.38. The maximum atomic E-state index is 13.7. The van der Waals surface area contributed by atoms with Crippen LogP contribution in [0.4, 0.5) is 0 Å². The lowest BCUT2D eigenvalue weighted by atomic mass is 10.0. The Morgan fingerprint density at radius 3 is 2.63 bits per heavy atom. The average Bonchev–Trinajstić information content (AvgIpc) is 2.84. The van der Waals surface area contributed by atoms with Crippen LogP contribution in [0.25, 0.3) is 33.4 Å². The van der Waals surface area contributed by atoms with Crippen LogP contribution in [0.2, 0.25) is 5.02 Å². The average molecular weight is 493 g/mol. The summed E-state index contributed by atoms with van der Waals surface area (Å²) < 4.78 is 13.0. The highest BCUT2D eigenvalue weighted by atomic mass is 35.5. The Morgan fingerprint density at radius 1 is 1.09 bits per heavy atom. The SMILES string of the molecule is Cc1cncc(-c2ccc(-c3cc4cnc(C)nc4n(CC[C@H]4OC[C@@H](N)CO4)c3=O)c(Cl)c2)n1. The van der Waals surface area contributed by atoms with Crippen LogP contribution in [0.3, 0.4) is 0 Å². The highest BCUT2D eigenvalue weighted by Crippen LogP contribution is 2.31. The summed E-state index contributed by atoms with van der Waals surface area (Å²) in [5.41, 5.74) is 9.61. The van der Waals surface area contributed by atoms with Crippen molar-refractivity contribution in [3.63, 3.8) is 0 Å². The molecule has 0 aliphatic carbocycles. The Morgan fingerprint density at radius 2 is 1.89 bits per heavy atom. The van der Waals surface area contributed by atoms with Gasteiger partial charge in [0.05, 0.1) is 36.8 Å². The van der Waals surface area contributed by atoms with Gasteiger partial charge in [-0.2, -0.15) is 0 Å². The topological polar surface area (TPSA) is 118 Å². The number of halogens is 1. The first-order valence-corrected chi connectivity index (χ1v) is 11.7. The van der Waals surface area contributed by atoms with E-state index < -0.39 is 6.29 Å². The third-order valence-electron chi connectivity index (χ3n) is 5.84. The van der Waals surface area contributed by atoms with Crippen LogP contribution < -0.4 is 11.3 Å². The van der Waals surface area contributed by atoms with Crippen LogP contribution in [0.5, 0.6) is 0 Å². The Bertz CT molecular complexity index is 1450. The predicted molar refractivity (Wildman–Crippen MR) is 133 cm³/mol. The van der Waals surface area contributed by atoms with Gasteiger partial charge in [-0.25, -0.2) is 15.0 Å². The molecule has 10 heteroatoms. The second-order valence-corrected chi connectivity index (χ2v) is 9.00. The van der Waals surface area contributed by atoms with Gasteiger partial charge in [0.2, 0.25) is 0 Å². The molecule has 1 fully saturated rings. The van der Waals surface area contributed by atoms with E-state index in [1.54, 1.807) is 42.2 Å². The summed E-state index contributed by atoms with van der Waals surface area (Å²) in [5.74, 6) is 0.580. The van der Waals surface area contributed by atoms with Gasteiger partial charge in [-0.1, -0.05) is 23.7 Å². The molecule has 0 bridgehead atoms. The van der Waals surface area contributed by atoms with Gasteiger partial charge in [-0.15, -0.1) is 0 Å². The predicted octanol–water partition coefficient (Wildman–Crippen LogP) is 3.28. The Labute approximate surface area is 206 Å². The van der Waals surface area contributed by atoms with Crippen molar-refractivity contribution in [1.82, 2.24) is 24.5 Å². The second-order valence-electron chi connectivity index (χ2n) is 8.60. The molecular formula is C25H25ClN6O3. The molecule has 5 rings (SSSR count). The van der Waals surface area contributed by atoms with E-state index in [2.05, 4.69) is 19.9 Å². The van der Waals surface area contributed by atoms with E-state index in [-0.39, 0.29) is 11.6 Å².